The lowest BCUT2D eigenvalue weighted by molar-refractivity contribution is -0.914. The first-order valence-corrected chi connectivity index (χ1v) is 9.71. The Hall–Kier alpha value is -2.67. The number of benzene rings is 2. The molecule has 3 rings (SSSR count). The summed E-state index contributed by atoms with van der Waals surface area (Å²) in [5.74, 6) is 0.680. The predicted octanol–water partition coefficient (Wildman–Crippen LogP) is 1.99. The second-order valence-corrected chi connectivity index (χ2v) is 7.15. The maximum atomic E-state index is 12.9. The third-order valence-corrected chi connectivity index (χ3v) is 5.14. The number of allylic oxidation sites excluding steroid dienone is 1. The summed E-state index contributed by atoms with van der Waals surface area (Å²) in [5, 5.41) is 10.5. The number of nitrogens with one attached hydrogen (secondary N) is 1. The lowest BCUT2D eigenvalue weighted by atomic mass is 10.0. The van der Waals surface area contributed by atoms with Gasteiger partial charge in [0.2, 0.25) is 5.78 Å². The molecule has 1 aliphatic rings. The van der Waals surface area contributed by atoms with Gasteiger partial charge in [-0.2, -0.15) is 0 Å². The second kappa shape index (κ2) is 9.69. The van der Waals surface area contributed by atoms with Gasteiger partial charge in [0.15, 0.2) is 11.5 Å². The minimum atomic E-state index is -0.167. The summed E-state index contributed by atoms with van der Waals surface area (Å²) in [7, 11) is 3.33. The molecule has 2 N–H and O–H groups in total. The van der Waals surface area contributed by atoms with E-state index in [1.54, 1.807) is 32.4 Å². The van der Waals surface area contributed by atoms with Crippen molar-refractivity contribution in [1.82, 2.24) is 0 Å². The van der Waals surface area contributed by atoms with Crippen LogP contribution in [-0.4, -0.2) is 51.4 Å². The molecule has 0 amide bonds. The average Bonchev–Trinajstić information content (AvgIpc) is 3.03. The van der Waals surface area contributed by atoms with Gasteiger partial charge in [-0.25, -0.2) is 0 Å². The number of phenolic OH excluding ortho intramolecular Hbond substituents is 1. The number of carbonyl (C=O) groups is 1. The smallest absolute Gasteiger partial charge is 0.231 e. The average molecular weight is 398 g/mol. The van der Waals surface area contributed by atoms with Crippen LogP contribution in [0.1, 0.15) is 27.0 Å². The molecule has 0 fully saturated rings. The van der Waals surface area contributed by atoms with Gasteiger partial charge in [-0.15, -0.1) is 0 Å². The Morgan fingerprint density at radius 1 is 1.07 bits per heavy atom. The van der Waals surface area contributed by atoms with Gasteiger partial charge in [0.1, 0.15) is 25.4 Å². The van der Waals surface area contributed by atoms with Crippen molar-refractivity contribution in [3.63, 3.8) is 0 Å². The van der Waals surface area contributed by atoms with Crippen LogP contribution in [0.2, 0.25) is 0 Å². The molecule has 0 atom stereocenters. The molecule has 154 valence electrons. The molecule has 2 aromatic rings. The van der Waals surface area contributed by atoms with Crippen LogP contribution in [0.3, 0.4) is 0 Å². The van der Waals surface area contributed by atoms with Crippen LogP contribution < -0.4 is 9.64 Å². The molecule has 0 unspecified atom stereocenters. The van der Waals surface area contributed by atoms with Crippen LogP contribution in [0.5, 0.6) is 11.5 Å². The van der Waals surface area contributed by atoms with Crippen molar-refractivity contribution in [3.05, 3.63) is 64.4 Å². The van der Waals surface area contributed by atoms with E-state index in [0.717, 1.165) is 24.2 Å². The van der Waals surface area contributed by atoms with Crippen LogP contribution >= 0.6 is 0 Å². The Morgan fingerprint density at radius 2 is 1.76 bits per heavy atom. The highest BCUT2D eigenvalue weighted by molar-refractivity contribution is 6.15. The summed E-state index contributed by atoms with van der Waals surface area (Å²) in [6.07, 6.45) is 1.76. The fourth-order valence-corrected chi connectivity index (χ4v) is 3.40. The number of quaternary nitrogens is 1. The molecule has 0 bridgehead atoms. The number of aromatic hydroxyl groups is 1. The number of hydrogen-bond donors (Lipinski definition) is 2. The molecule has 29 heavy (non-hydrogen) atoms. The van der Waals surface area contributed by atoms with Gasteiger partial charge in [0, 0.05) is 14.2 Å². The Labute approximate surface area is 171 Å². The molecular formula is C23H28NO5+. The predicted molar refractivity (Wildman–Crippen MR) is 110 cm³/mol. The first kappa shape index (κ1) is 21.0. The highest BCUT2D eigenvalue weighted by Gasteiger charge is 2.32. The zero-order chi connectivity index (χ0) is 20.8. The van der Waals surface area contributed by atoms with E-state index in [1.807, 2.05) is 31.2 Å². The summed E-state index contributed by atoms with van der Waals surface area (Å²) in [6, 6.07) is 11.0. The Bertz CT molecular complexity index is 898. The zero-order valence-electron chi connectivity index (χ0n) is 17.2. The number of ketones is 1. The molecule has 2 aromatic carbocycles. The molecule has 0 aliphatic carbocycles. The topological polar surface area (TPSA) is 69.4 Å². The number of rotatable bonds is 9. The van der Waals surface area contributed by atoms with Crippen molar-refractivity contribution in [2.24, 2.45) is 0 Å². The summed E-state index contributed by atoms with van der Waals surface area (Å²) in [5.41, 5.74) is 3.11. The highest BCUT2D eigenvalue weighted by atomic mass is 16.5. The van der Waals surface area contributed by atoms with E-state index in [0.29, 0.717) is 36.6 Å². The SMILES string of the molecule is COCC[NH+](CCOC)Cc1c(O)ccc2c1O/C(=C/c1ccccc1C)C2=O. The number of aryl methyl sites for hydroxylation is 1. The van der Waals surface area contributed by atoms with E-state index in [-0.39, 0.29) is 17.3 Å². The molecule has 0 aromatic heterocycles. The van der Waals surface area contributed by atoms with E-state index < -0.39 is 0 Å². The van der Waals surface area contributed by atoms with Crippen LogP contribution in [0, 0.1) is 6.92 Å². The van der Waals surface area contributed by atoms with Crippen LogP contribution in [0.4, 0.5) is 0 Å². The number of methoxy groups -OCH3 is 2. The van der Waals surface area contributed by atoms with Crippen molar-refractivity contribution in [2.75, 3.05) is 40.5 Å². The fourth-order valence-electron chi connectivity index (χ4n) is 3.40. The quantitative estimate of drug-likeness (QED) is 0.633. The minimum absolute atomic E-state index is 0.126. The van der Waals surface area contributed by atoms with Crippen molar-refractivity contribution < 1.29 is 29.0 Å². The normalized spacial score (nSPS) is 14.5. The van der Waals surface area contributed by atoms with Gasteiger partial charge < -0.3 is 24.2 Å². The Kier molecular flexibility index (Phi) is 7.04. The molecule has 6 heteroatoms. The molecular weight excluding hydrogens is 370 g/mol. The molecule has 0 saturated heterocycles. The molecule has 0 saturated carbocycles. The monoisotopic (exact) mass is 398 g/mol. The summed E-state index contributed by atoms with van der Waals surface area (Å²) < 4.78 is 16.4. The van der Waals surface area contributed by atoms with E-state index in [2.05, 4.69) is 0 Å². The van der Waals surface area contributed by atoms with Crippen LogP contribution in [0.25, 0.3) is 6.08 Å². The molecule has 0 spiro atoms. The summed E-state index contributed by atoms with van der Waals surface area (Å²) in [4.78, 5) is 14.1. The first-order valence-electron chi connectivity index (χ1n) is 9.71. The van der Waals surface area contributed by atoms with Crippen LogP contribution in [-0.2, 0) is 16.0 Å². The first-order chi connectivity index (χ1) is 14.0. The number of carbonyl (C=O) groups excluding carboxylic acids is 1. The van der Waals surface area contributed by atoms with Gasteiger partial charge >= 0.3 is 0 Å². The van der Waals surface area contributed by atoms with E-state index in [1.165, 1.54) is 4.90 Å². The molecule has 0 radical (unpaired) electrons. The van der Waals surface area contributed by atoms with Gasteiger partial charge in [-0.1, -0.05) is 24.3 Å². The van der Waals surface area contributed by atoms with Gasteiger partial charge in [-0.05, 0) is 36.3 Å². The standard InChI is InChI=1S/C23H27NO5/c1-16-6-4-5-7-17(16)14-21-22(26)18-8-9-20(25)19(23(18)29-21)15-24(10-12-27-2)11-13-28-3/h4-9,14,25H,10-13,15H2,1-3H3/p+1/b21-14+. The molecule has 6 nitrogen and oxygen atoms in total. The van der Waals surface area contributed by atoms with Gasteiger partial charge in [0.05, 0.1) is 24.3 Å². The Morgan fingerprint density at radius 3 is 2.41 bits per heavy atom. The third-order valence-electron chi connectivity index (χ3n) is 5.14. The summed E-state index contributed by atoms with van der Waals surface area (Å²) >= 11 is 0. The third kappa shape index (κ3) is 4.85. The number of ether oxygens (including phenoxy) is 3. The van der Waals surface area contributed by atoms with E-state index >= 15 is 0 Å². The van der Waals surface area contributed by atoms with E-state index in [4.69, 9.17) is 14.2 Å². The number of phenols is 1. The van der Waals surface area contributed by atoms with Crippen LogP contribution in [0.15, 0.2) is 42.2 Å². The van der Waals surface area contributed by atoms with Crippen molar-refractivity contribution >= 4 is 11.9 Å². The van der Waals surface area contributed by atoms with Crippen molar-refractivity contribution in [2.45, 2.75) is 13.5 Å². The maximum Gasteiger partial charge on any atom is 0.231 e. The highest BCUT2D eigenvalue weighted by Crippen LogP contribution is 2.39. The minimum Gasteiger partial charge on any atom is -0.507 e. The second-order valence-electron chi connectivity index (χ2n) is 7.15. The number of fused-ring (bicyclic) bond motifs is 1. The largest absolute Gasteiger partial charge is 0.507 e. The fraction of sp³-hybridized carbons (Fsp3) is 0.348. The Balaban J connectivity index is 1.90. The van der Waals surface area contributed by atoms with Gasteiger partial charge in [-0.3, -0.25) is 4.79 Å². The summed E-state index contributed by atoms with van der Waals surface area (Å²) in [6.45, 7) is 5.18. The van der Waals surface area contributed by atoms with E-state index in [9.17, 15) is 9.90 Å². The number of Topliss-reactive ketones (excluding diaryl/α,β-unsaturated/α-hetero) is 1. The lowest BCUT2D eigenvalue weighted by Crippen LogP contribution is -3.11. The van der Waals surface area contributed by atoms with Crippen molar-refractivity contribution in [3.8, 4) is 11.5 Å². The maximum absolute atomic E-state index is 12.9. The van der Waals surface area contributed by atoms with Gasteiger partial charge in [0.25, 0.3) is 0 Å². The molecule has 1 aliphatic heterocycles. The number of hydrogen-bond acceptors (Lipinski definition) is 5. The lowest BCUT2D eigenvalue weighted by Gasteiger charge is -2.20. The molecule has 1 heterocycles. The zero-order valence-corrected chi connectivity index (χ0v) is 17.2. The van der Waals surface area contributed by atoms with Crippen molar-refractivity contribution in [1.29, 1.82) is 0 Å².